The Morgan fingerprint density at radius 2 is 1.81 bits per heavy atom. The van der Waals surface area contributed by atoms with Gasteiger partial charge in [0.25, 0.3) is 5.91 Å². The second kappa shape index (κ2) is 7.51. The fraction of sp³-hybridized carbons (Fsp3) is 0.471. The van der Waals surface area contributed by atoms with E-state index < -0.39 is 0 Å². The number of rotatable bonds is 3. The first-order chi connectivity index (χ1) is 12.5. The number of tetrazole rings is 1. The van der Waals surface area contributed by atoms with Gasteiger partial charge in [0.15, 0.2) is 0 Å². The number of aryl methyl sites for hydroxylation is 1. The molecule has 0 unspecified atom stereocenters. The summed E-state index contributed by atoms with van der Waals surface area (Å²) in [5, 5.41) is 11.3. The molecule has 0 atom stereocenters. The molecule has 1 fully saturated rings. The average molecular weight is 358 g/mol. The lowest BCUT2D eigenvalue weighted by Crippen LogP contribution is -2.50. The summed E-state index contributed by atoms with van der Waals surface area (Å²) in [6.07, 6.45) is 1.15. The highest BCUT2D eigenvalue weighted by Gasteiger charge is 2.28. The molecule has 2 heterocycles. The molecule has 2 amide bonds. The predicted octanol–water partition coefficient (Wildman–Crippen LogP) is 1.19. The van der Waals surface area contributed by atoms with Gasteiger partial charge in [-0.15, -0.1) is 5.10 Å². The number of nitrogens with zero attached hydrogens (tertiary/aromatic N) is 6. The number of carbonyl (C=O) groups is 2. The van der Waals surface area contributed by atoms with E-state index in [1.165, 1.54) is 11.0 Å². The minimum Gasteiger partial charge on any atom is -0.450 e. The normalized spacial score (nSPS) is 14.4. The maximum absolute atomic E-state index is 13.1. The Hall–Kier alpha value is -2.97. The van der Waals surface area contributed by atoms with E-state index in [4.69, 9.17) is 4.74 Å². The van der Waals surface area contributed by atoms with Gasteiger partial charge in [0, 0.05) is 26.2 Å². The zero-order valence-electron chi connectivity index (χ0n) is 15.2. The molecule has 138 valence electrons. The highest BCUT2D eigenvalue weighted by atomic mass is 16.6. The topological polar surface area (TPSA) is 93.5 Å². The molecule has 0 bridgehead atoms. The van der Waals surface area contributed by atoms with Crippen LogP contribution in [-0.4, -0.2) is 74.8 Å². The molecule has 1 aromatic heterocycles. The summed E-state index contributed by atoms with van der Waals surface area (Å²) in [6, 6.07) is 3.73. The van der Waals surface area contributed by atoms with Gasteiger partial charge in [-0.3, -0.25) is 4.79 Å². The van der Waals surface area contributed by atoms with Crippen LogP contribution in [0, 0.1) is 13.8 Å². The van der Waals surface area contributed by atoms with Crippen molar-refractivity contribution in [1.29, 1.82) is 0 Å². The highest BCUT2D eigenvalue weighted by Crippen LogP contribution is 2.23. The largest absolute Gasteiger partial charge is 0.450 e. The van der Waals surface area contributed by atoms with Gasteiger partial charge in [0.1, 0.15) is 6.33 Å². The Labute approximate surface area is 151 Å². The number of ether oxygens (including phenoxy) is 1. The standard InChI is InChI=1S/C17H22N6O3/c1-4-26-17(25)22-9-7-21(8-10-22)16(24)14-6-5-12(2)13(3)15(14)23-11-18-19-20-23/h5-6,11H,4,7-10H2,1-3H3. The van der Waals surface area contributed by atoms with Crippen molar-refractivity contribution in [1.82, 2.24) is 30.0 Å². The van der Waals surface area contributed by atoms with Crippen LogP contribution in [-0.2, 0) is 4.74 Å². The van der Waals surface area contributed by atoms with Gasteiger partial charge in [-0.2, -0.15) is 4.68 Å². The van der Waals surface area contributed by atoms with Crippen molar-refractivity contribution in [2.45, 2.75) is 20.8 Å². The molecule has 1 saturated heterocycles. The van der Waals surface area contributed by atoms with Crippen molar-refractivity contribution >= 4 is 12.0 Å². The van der Waals surface area contributed by atoms with Crippen LogP contribution in [0.1, 0.15) is 28.4 Å². The van der Waals surface area contributed by atoms with Gasteiger partial charge in [-0.05, 0) is 48.4 Å². The molecule has 0 aliphatic carbocycles. The zero-order chi connectivity index (χ0) is 18.7. The first kappa shape index (κ1) is 17.8. The molecule has 26 heavy (non-hydrogen) atoms. The van der Waals surface area contributed by atoms with Crippen LogP contribution in [0.15, 0.2) is 18.5 Å². The van der Waals surface area contributed by atoms with Crippen LogP contribution < -0.4 is 0 Å². The lowest BCUT2D eigenvalue weighted by molar-refractivity contribution is 0.0570. The minimum atomic E-state index is -0.333. The maximum atomic E-state index is 13.1. The SMILES string of the molecule is CCOC(=O)N1CCN(C(=O)c2ccc(C)c(C)c2-n2cnnn2)CC1. The summed E-state index contributed by atoms with van der Waals surface area (Å²) < 4.78 is 6.54. The van der Waals surface area contributed by atoms with Crippen molar-refractivity contribution in [2.24, 2.45) is 0 Å². The van der Waals surface area contributed by atoms with Gasteiger partial charge in [-0.25, -0.2) is 4.79 Å². The molecule has 0 radical (unpaired) electrons. The van der Waals surface area contributed by atoms with E-state index in [1.54, 1.807) is 22.8 Å². The second-order valence-electron chi connectivity index (χ2n) is 6.14. The summed E-state index contributed by atoms with van der Waals surface area (Å²) in [5.74, 6) is -0.0953. The Morgan fingerprint density at radius 1 is 1.12 bits per heavy atom. The Kier molecular flexibility index (Phi) is 5.15. The summed E-state index contributed by atoms with van der Waals surface area (Å²) in [5.41, 5.74) is 3.24. The van der Waals surface area contributed by atoms with E-state index in [2.05, 4.69) is 15.5 Å². The van der Waals surface area contributed by atoms with E-state index in [-0.39, 0.29) is 12.0 Å². The molecule has 0 N–H and O–H groups in total. The van der Waals surface area contributed by atoms with Crippen molar-refractivity contribution in [3.8, 4) is 5.69 Å². The van der Waals surface area contributed by atoms with Gasteiger partial charge >= 0.3 is 6.09 Å². The molecule has 9 nitrogen and oxygen atoms in total. The van der Waals surface area contributed by atoms with E-state index >= 15 is 0 Å². The van der Waals surface area contributed by atoms with Crippen LogP contribution in [0.2, 0.25) is 0 Å². The van der Waals surface area contributed by atoms with Crippen LogP contribution in [0.3, 0.4) is 0 Å². The van der Waals surface area contributed by atoms with Crippen molar-refractivity contribution in [3.63, 3.8) is 0 Å². The quantitative estimate of drug-likeness (QED) is 0.818. The second-order valence-corrected chi connectivity index (χ2v) is 6.14. The first-order valence-electron chi connectivity index (χ1n) is 8.57. The van der Waals surface area contributed by atoms with Crippen LogP contribution in [0.4, 0.5) is 4.79 Å². The Bertz CT molecular complexity index is 797. The number of hydrogen-bond donors (Lipinski definition) is 0. The van der Waals surface area contributed by atoms with Gasteiger partial charge < -0.3 is 14.5 Å². The number of amides is 2. The number of aromatic nitrogens is 4. The third-order valence-electron chi connectivity index (χ3n) is 4.60. The molecular formula is C17H22N6O3. The predicted molar refractivity (Wildman–Crippen MR) is 93.1 cm³/mol. The molecule has 1 aromatic carbocycles. The zero-order valence-corrected chi connectivity index (χ0v) is 15.2. The molecule has 0 spiro atoms. The number of benzene rings is 1. The smallest absolute Gasteiger partial charge is 0.409 e. The first-order valence-corrected chi connectivity index (χ1v) is 8.57. The molecule has 0 saturated carbocycles. The van der Waals surface area contributed by atoms with E-state index in [9.17, 15) is 9.59 Å². The average Bonchev–Trinajstić information content (AvgIpc) is 3.18. The molecule has 9 heteroatoms. The third-order valence-corrected chi connectivity index (χ3v) is 4.60. The van der Waals surface area contributed by atoms with Gasteiger partial charge in [0.05, 0.1) is 17.9 Å². The third kappa shape index (κ3) is 3.37. The van der Waals surface area contributed by atoms with Crippen molar-refractivity contribution in [2.75, 3.05) is 32.8 Å². The van der Waals surface area contributed by atoms with Crippen molar-refractivity contribution < 1.29 is 14.3 Å². The highest BCUT2D eigenvalue weighted by molar-refractivity contribution is 5.98. The minimum absolute atomic E-state index is 0.0953. The van der Waals surface area contributed by atoms with Crippen LogP contribution >= 0.6 is 0 Å². The van der Waals surface area contributed by atoms with Gasteiger partial charge in [-0.1, -0.05) is 6.07 Å². The summed E-state index contributed by atoms with van der Waals surface area (Å²) >= 11 is 0. The molecular weight excluding hydrogens is 336 g/mol. The lowest BCUT2D eigenvalue weighted by Gasteiger charge is -2.34. The number of hydrogen-bond acceptors (Lipinski definition) is 6. The molecule has 1 aliphatic rings. The van der Waals surface area contributed by atoms with Gasteiger partial charge in [0.2, 0.25) is 0 Å². The maximum Gasteiger partial charge on any atom is 0.409 e. The Balaban J connectivity index is 1.81. The fourth-order valence-corrected chi connectivity index (χ4v) is 3.01. The van der Waals surface area contributed by atoms with Crippen LogP contribution in [0.25, 0.3) is 5.69 Å². The molecule has 3 rings (SSSR count). The van der Waals surface area contributed by atoms with E-state index in [1.807, 2.05) is 19.9 Å². The van der Waals surface area contributed by atoms with Crippen LogP contribution in [0.5, 0.6) is 0 Å². The summed E-state index contributed by atoms with van der Waals surface area (Å²) in [4.78, 5) is 28.3. The van der Waals surface area contributed by atoms with E-state index in [0.29, 0.717) is 44.0 Å². The number of piperazine rings is 1. The number of carbonyl (C=O) groups excluding carboxylic acids is 2. The molecule has 2 aromatic rings. The summed E-state index contributed by atoms with van der Waals surface area (Å²) in [6.45, 7) is 7.87. The van der Waals surface area contributed by atoms with Crippen molar-refractivity contribution in [3.05, 3.63) is 35.2 Å². The summed E-state index contributed by atoms with van der Waals surface area (Å²) in [7, 11) is 0. The lowest BCUT2D eigenvalue weighted by atomic mass is 10.0. The van der Waals surface area contributed by atoms with E-state index in [0.717, 1.165) is 11.1 Å². The Morgan fingerprint density at radius 3 is 2.42 bits per heavy atom. The fourth-order valence-electron chi connectivity index (χ4n) is 3.01. The monoisotopic (exact) mass is 358 g/mol. The molecule has 1 aliphatic heterocycles.